The fourth-order valence-electron chi connectivity index (χ4n) is 3.87. The van der Waals surface area contributed by atoms with E-state index in [2.05, 4.69) is 17.1 Å². The van der Waals surface area contributed by atoms with Crippen LogP contribution in [0, 0.1) is 5.82 Å². The summed E-state index contributed by atoms with van der Waals surface area (Å²) in [4.78, 5) is 7.04. The van der Waals surface area contributed by atoms with Crippen molar-refractivity contribution in [2.75, 3.05) is 39.4 Å². The summed E-state index contributed by atoms with van der Waals surface area (Å²) in [5.74, 6) is 1.14. The van der Waals surface area contributed by atoms with Gasteiger partial charge < -0.3 is 24.4 Å². The Bertz CT molecular complexity index is 659. The number of nitrogens with one attached hydrogen (secondary N) is 1. The average molecular weight is 422 g/mol. The fourth-order valence-corrected chi connectivity index (χ4v) is 3.87. The molecule has 1 aromatic carbocycles. The molecule has 30 heavy (non-hydrogen) atoms. The van der Waals surface area contributed by atoms with Crippen LogP contribution >= 0.6 is 0 Å². The second-order valence-electron chi connectivity index (χ2n) is 8.09. The van der Waals surface area contributed by atoms with E-state index in [1.54, 1.807) is 12.1 Å². The molecule has 7 heteroatoms. The molecule has 2 aliphatic heterocycles. The fraction of sp³-hybridized carbons (Fsp3) is 0.696. The molecular formula is C23H36FN3O3. The molecule has 1 N–H and O–H groups in total. The number of likely N-dealkylation sites (tertiary alicyclic amines) is 1. The van der Waals surface area contributed by atoms with Crippen molar-refractivity contribution in [2.45, 2.75) is 64.3 Å². The first-order valence-electron chi connectivity index (χ1n) is 11.3. The van der Waals surface area contributed by atoms with Crippen LogP contribution in [-0.4, -0.2) is 68.6 Å². The van der Waals surface area contributed by atoms with Crippen LogP contribution in [0.2, 0.25) is 0 Å². The van der Waals surface area contributed by atoms with Crippen LogP contribution in [0.25, 0.3) is 0 Å². The van der Waals surface area contributed by atoms with Crippen LogP contribution in [-0.2, 0) is 9.47 Å². The highest BCUT2D eigenvalue weighted by atomic mass is 19.1. The third kappa shape index (κ3) is 7.43. The summed E-state index contributed by atoms with van der Waals surface area (Å²) in [7, 11) is 0. The number of aliphatic imine (C=N–C) groups is 1. The number of nitrogens with zero attached hydrogens (tertiary/aromatic N) is 2. The maximum atomic E-state index is 13.3. The molecule has 2 unspecified atom stereocenters. The van der Waals surface area contributed by atoms with Crippen molar-refractivity contribution in [3.8, 4) is 5.75 Å². The first kappa shape index (κ1) is 22.8. The number of halogens is 1. The zero-order valence-corrected chi connectivity index (χ0v) is 18.3. The van der Waals surface area contributed by atoms with Crippen molar-refractivity contribution in [1.29, 1.82) is 0 Å². The van der Waals surface area contributed by atoms with Crippen molar-refractivity contribution in [3.63, 3.8) is 0 Å². The highest BCUT2D eigenvalue weighted by Gasteiger charge is 2.24. The van der Waals surface area contributed by atoms with Gasteiger partial charge in [0.25, 0.3) is 0 Å². The molecular weight excluding hydrogens is 385 g/mol. The van der Waals surface area contributed by atoms with Crippen LogP contribution < -0.4 is 10.1 Å². The number of rotatable bonds is 8. The van der Waals surface area contributed by atoms with Crippen molar-refractivity contribution in [2.24, 2.45) is 4.99 Å². The van der Waals surface area contributed by atoms with Gasteiger partial charge in [-0.1, -0.05) is 6.07 Å². The van der Waals surface area contributed by atoms with Gasteiger partial charge in [-0.2, -0.15) is 0 Å². The highest BCUT2D eigenvalue weighted by molar-refractivity contribution is 5.80. The minimum Gasteiger partial charge on any atom is -0.489 e. The van der Waals surface area contributed by atoms with Crippen molar-refractivity contribution in [1.82, 2.24) is 10.2 Å². The van der Waals surface area contributed by atoms with Gasteiger partial charge in [-0.15, -0.1) is 0 Å². The Kier molecular flexibility index (Phi) is 9.21. The lowest BCUT2D eigenvalue weighted by Gasteiger charge is -2.35. The van der Waals surface area contributed by atoms with Crippen molar-refractivity contribution in [3.05, 3.63) is 30.1 Å². The second-order valence-corrected chi connectivity index (χ2v) is 8.09. The first-order chi connectivity index (χ1) is 14.6. The monoisotopic (exact) mass is 421 g/mol. The van der Waals surface area contributed by atoms with E-state index in [4.69, 9.17) is 19.2 Å². The second kappa shape index (κ2) is 12.1. The molecule has 0 spiro atoms. The minimum atomic E-state index is -0.295. The van der Waals surface area contributed by atoms with Crippen LogP contribution in [0.15, 0.2) is 29.3 Å². The van der Waals surface area contributed by atoms with Gasteiger partial charge in [0.15, 0.2) is 5.96 Å². The van der Waals surface area contributed by atoms with Gasteiger partial charge in [-0.25, -0.2) is 9.38 Å². The summed E-state index contributed by atoms with van der Waals surface area (Å²) < 4.78 is 31.0. The lowest BCUT2D eigenvalue weighted by atomic mass is 10.1. The first-order valence-corrected chi connectivity index (χ1v) is 11.3. The number of benzene rings is 1. The maximum absolute atomic E-state index is 13.3. The molecule has 2 saturated heterocycles. The van der Waals surface area contributed by atoms with E-state index in [1.165, 1.54) is 25.0 Å². The van der Waals surface area contributed by atoms with E-state index in [1.807, 2.05) is 6.92 Å². The van der Waals surface area contributed by atoms with E-state index in [0.29, 0.717) is 25.0 Å². The van der Waals surface area contributed by atoms with Crippen LogP contribution in [0.5, 0.6) is 5.75 Å². The van der Waals surface area contributed by atoms with Gasteiger partial charge >= 0.3 is 0 Å². The lowest BCUT2D eigenvalue weighted by molar-refractivity contribution is -0.0721. The molecule has 2 heterocycles. The minimum absolute atomic E-state index is 0.142. The molecule has 0 aromatic heterocycles. The summed E-state index contributed by atoms with van der Waals surface area (Å²) in [5, 5.41) is 3.38. The van der Waals surface area contributed by atoms with Crippen molar-refractivity contribution >= 4 is 5.96 Å². The summed E-state index contributed by atoms with van der Waals surface area (Å²) in [6.45, 7) is 8.77. The normalized spacial score (nSPS) is 22.0. The van der Waals surface area contributed by atoms with Crippen LogP contribution in [0.1, 0.15) is 46.0 Å². The third-order valence-electron chi connectivity index (χ3n) is 5.50. The molecule has 168 valence electrons. The summed E-state index contributed by atoms with van der Waals surface area (Å²) in [5.41, 5.74) is 0. The molecule has 0 amide bonds. The van der Waals surface area contributed by atoms with Gasteiger partial charge in [0.1, 0.15) is 17.7 Å². The van der Waals surface area contributed by atoms with Gasteiger partial charge in [-0.3, -0.25) is 0 Å². The van der Waals surface area contributed by atoms with E-state index in [9.17, 15) is 4.39 Å². The Hall–Kier alpha value is -1.86. The molecule has 0 bridgehead atoms. The average Bonchev–Trinajstić information content (AvgIpc) is 2.76. The van der Waals surface area contributed by atoms with Crippen LogP contribution in [0.4, 0.5) is 4.39 Å². The number of piperidine rings is 1. The summed E-state index contributed by atoms with van der Waals surface area (Å²) >= 11 is 0. The maximum Gasteiger partial charge on any atom is 0.194 e. The third-order valence-corrected chi connectivity index (χ3v) is 5.50. The number of guanidine groups is 1. The highest BCUT2D eigenvalue weighted by Crippen LogP contribution is 2.18. The molecule has 6 nitrogen and oxygen atoms in total. The molecule has 2 aliphatic rings. The Morgan fingerprint density at radius 1 is 1.30 bits per heavy atom. The number of ether oxygens (including phenoxy) is 3. The zero-order chi connectivity index (χ0) is 21.2. The molecule has 1 aromatic rings. The van der Waals surface area contributed by atoms with Gasteiger partial charge in [0.05, 0.1) is 25.4 Å². The Balaban J connectivity index is 1.43. The SMILES string of the molecule is CCNC(=NCC(C)Oc1cccc(F)c1)N1CCC(OCC2CCCCO2)CC1. The molecule has 0 saturated carbocycles. The Morgan fingerprint density at radius 2 is 2.13 bits per heavy atom. The largest absolute Gasteiger partial charge is 0.489 e. The predicted molar refractivity (Wildman–Crippen MR) is 117 cm³/mol. The quantitative estimate of drug-likeness (QED) is 0.513. The standard InChI is InChI=1S/C23H36FN3O3/c1-3-25-23(26-16-18(2)30-21-9-6-7-19(24)15-21)27-12-10-20(11-13-27)29-17-22-8-4-5-14-28-22/h6-7,9,15,18,20,22H,3-5,8,10-14,16-17H2,1-2H3,(H,25,26). The Labute approximate surface area is 179 Å². The van der Waals surface area contributed by atoms with Crippen LogP contribution in [0.3, 0.4) is 0 Å². The lowest BCUT2D eigenvalue weighted by Crippen LogP contribution is -2.47. The zero-order valence-electron chi connectivity index (χ0n) is 18.3. The van der Waals surface area contributed by atoms with E-state index >= 15 is 0 Å². The Morgan fingerprint density at radius 3 is 2.83 bits per heavy atom. The van der Waals surface area contributed by atoms with Crippen molar-refractivity contribution < 1.29 is 18.6 Å². The summed E-state index contributed by atoms with van der Waals surface area (Å²) in [6, 6.07) is 6.22. The molecule has 2 fully saturated rings. The topological polar surface area (TPSA) is 55.3 Å². The molecule has 0 radical (unpaired) electrons. The predicted octanol–water partition coefficient (Wildman–Crippen LogP) is 3.61. The van der Waals surface area contributed by atoms with Gasteiger partial charge in [0.2, 0.25) is 0 Å². The van der Waals surface area contributed by atoms with E-state index < -0.39 is 0 Å². The van der Waals surface area contributed by atoms with Gasteiger partial charge in [0, 0.05) is 32.3 Å². The van der Waals surface area contributed by atoms with Gasteiger partial charge in [-0.05, 0) is 58.1 Å². The summed E-state index contributed by atoms with van der Waals surface area (Å²) in [6.07, 6.45) is 5.95. The molecule has 2 atom stereocenters. The number of hydrogen-bond donors (Lipinski definition) is 1. The van der Waals surface area contributed by atoms with E-state index in [0.717, 1.165) is 51.5 Å². The molecule has 3 rings (SSSR count). The smallest absolute Gasteiger partial charge is 0.194 e. The number of hydrogen-bond acceptors (Lipinski definition) is 4. The van der Waals surface area contributed by atoms with E-state index in [-0.39, 0.29) is 18.0 Å². The molecule has 0 aliphatic carbocycles.